The van der Waals surface area contributed by atoms with Crippen molar-refractivity contribution in [3.63, 3.8) is 0 Å². The fraction of sp³-hybridized carbons (Fsp3) is 0.400. The third-order valence-corrected chi connectivity index (χ3v) is 5.20. The highest BCUT2D eigenvalue weighted by Gasteiger charge is 2.30. The van der Waals surface area contributed by atoms with Crippen LogP contribution in [-0.4, -0.2) is 48.6 Å². The number of carbonyl (C=O) groups is 2. The molecule has 1 aliphatic heterocycles. The average molecular weight is 365 g/mol. The number of hydrogen-bond donors (Lipinski definition) is 0. The van der Waals surface area contributed by atoms with Crippen molar-refractivity contribution in [2.24, 2.45) is 13.0 Å². The molecule has 0 aliphatic carbocycles. The van der Waals surface area contributed by atoms with Crippen LogP contribution in [0, 0.1) is 5.92 Å². The number of aromatic nitrogens is 4. The van der Waals surface area contributed by atoms with Crippen molar-refractivity contribution < 1.29 is 9.59 Å². The van der Waals surface area contributed by atoms with Gasteiger partial charge in [-0.05, 0) is 31.4 Å². The van der Waals surface area contributed by atoms with Crippen LogP contribution >= 0.6 is 0 Å². The smallest absolute Gasteiger partial charge is 0.222 e. The number of imidazole rings is 2. The van der Waals surface area contributed by atoms with Crippen molar-refractivity contribution in [2.45, 2.75) is 25.7 Å². The van der Waals surface area contributed by atoms with E-state index in [-0.39, 0.29) is 17.6 Å². The fourth-order valence-corrected chi connectivity index (χ4v) is 3.70. The zero-order valence-corrected chi connectivity index (χ0v) is 15.4. The molecule has 0 spiro atoms. The van der Waals surface area contributed by atoms with E-state index in [9.17, 15) is 9.59 Å². The topological polar surface area (TPSA) is 72.5 Å². The van der Waals surface area contributed by atoms with Crippen molar-refractivity contribution in [3.8, 4) is 0 Å². The summed E-state index contributed by atoms with van der Waals surface area (Å²) in [6.07, 6.45) is 9.99. The van der Waals surface area contributed by atoms with Crippen LogP contribution in [0.3, 0.4) is 0 Å². The maximum Gasteiger partial charge on any atom is 0.222 e. The monoisotopic (exact) mass is 365 g/mol. The van der Waals surface area contributed by atoms with Gasteiger partial charge < -0.3 is 13.9 Å². The van der Waals surface area contributed by atoms with Gasteiger partial charge in [0.15, 0.2) is 5.82 Å². The van der Waals surface area contributed by atoms with Gasteiger partial charge in [0, 0.05) is 57.3 Å². The van der Waals surface area contributed by atoms with Gasteiger partial charge in [0.25, 0.3) is 0 Å². The minimum atomic E-state index is -0.168. The molecule has 0 N–H and O–H groups in total. The molecule has 7 heteroatoms. The molecule has 0 aromatic carbocycles. The second-order valence-corrected chi connectivity index (χ2v) is 7.10. The van der Waals surface area contributed by atoms with Gasteiger partial charge in [0.1, 0.15) is 5.65 Å². The molecule has 0 saturated carbocycles. The lowest BCUT2D eigenvalue weighted by atomic mass is 9.93. The molecule has 4 rings (SSSR count). The highest BCUT2D eigenvalue weighted by molar-refractivity contribution is 5.95. The van der Waals surface area contributed by atoms with Crippen LogP contribution in [0.1, 0.15) is 35.6 Å². The van der Waals surface area contributed by atoms with Crippen molar-refractivity contribution in [1.29, 1.82) is 0 Å². The SMILES string of the molecule is Cn1ccnc1C(=O)[C@H]1CCCN(C(=O)CCc2cn3ccccc3n2)C1. The first-order valence-electron chi connectivity index (χ1n) is 9.34. The average Bonchev–Trinajstić information content (AvgIpc) is 3.31. The van der Waals surface area contributed by atoms with Crippen LogP contribution in [0.25, 0.3) is 5.65 Å². The van der Waals surface area contributed by atoms with Gasteiger partial charge in [0.05, 0.1) is 5.69 Å². The number of amides is 1. The van der Waals surface area contributed by atoms with Gasteiger partial charge in [-0.2, -0.15) is 0 Å². The van der Waals surface area contributed by atoms with Gasteiger partial charge in [-0.1, -0.05) is 6.07 Å². The summed E-state index contributed by atoms with van der Waals surface area (Å²) in [5.74, 6) is 0.419. The number of fused-ring (bicyclic) bond motifs is 1. The molecule has 27 heavy (non-hydrogen) atoms. The first-order chi connectivity index (χ1) is 13.1. The largest absolute Gasteiger partial charge is 0.342 e. The number of pyridine rings is 1. The van der Waals surface area contributed by atoms with Crippen LogP contribution in [0.15, 0.2) is 43.0 Å². The zero-order chi connectivity index (χ0) is 18.8. The molecule has 1 amide bonds. The number of aryl methyl sites for hydroxylation is 2. The molecule has 4 heterocycles. The summed E-state index contributed by atoms with van der Waals surface area (Å²) in [7, 11) is 1.82. The standard InChI is InChI=1S/C20H23N5O2/c1-23-12-9-21-20(23)19(27)15-5-4-11-25(13-15)18(26)8-7-16-14-24-10-3-2-6-17(24)22-16/h2-3,6,9-10,12,14-15H,4-5,7-8,11,13H2,1H3/t15-/m0/s1. The molecule has 7 nitrogen and oxygen atoms in total. The lowest BCUT2D eigenvalue weighted by Gasteiger charge is -2.32. The lowest BCUT2D eigenvalue weighted by molar-refractivity contribution is -0.132. The normalized spacial score (nSPS) is 17.4. The van der Waals surface area contributed by atoms with E-state index in [0.717, 1.165) is 24.2 Å². The zero-order valence-electron chi connectivity index (χ0n) is 15.4. The number of rotatable bonds is 5. The van der Waals surface area contributed by atoms with Gasteiger partial charge in [-0.3, -0.25) is 9.59 Å². The van der Waals surface area contributed by atoms with E-state index in [2.05, 4.69) is 9.97 Å². The molecule has 0 bridgehead atoms. The van der Waals surface area contributed by atoms with Crippen LogP contribution in [0.4, 0.5) is 0 Å². The van der Waals surface area contributed by atoms with Crippen molar-refractivity contribution in [1.82, 2.24) is 23.8 Å². The Morgan fingerprint density at radius 3 is 2.93 bits per heavy atom. The summed E-state index contributed by atoms with van der Waals surface area (Å²) < 4.78 is 3.70. The van der Waals surface area contributed by atoms with E-state index in [1.54, 1.807) is 17.0 Å². The maximum absolute atomic E-state index is 12.7. The van der Waals surface area contributed by atoms with Crippen molar-refractivity contribution >= 4 is 17.3 Å². The van der Waals surface area contributed by atoms with Gasteiger partial charge in [0.2, 0.25) is 11.7 Å². The number of likely N-dealkylation sites (tertiary alicyclic amines) is 1. The van der Waals surface area contributed by atoms with Gasteiger partial charge >= 0.3 is 0 Å². The first-order valence-corrected chi connectivity index (χ1v) is 9.34. The van der Waals surface area contributed by atoms with Crippen LogP contribution in [0.2, 0.25) is 0 Å². The lowest BCUT2D eigenvalue weighted by Crippen LogP contribution is -2.42. The number of Topliss-reactive ketones (excluding diaryl/α,β-unsaturated/α-hetero) is 1. The summed E-state index contributed by atoms with van der Waals surface area (Å²) in [6, 6.07) is 5.85. The number of nitrogens with zero attached hydrogens (tertiary/aromatic N) is 5. The summed E-state index contributed by atoms with van der Waals surface area (Å²) in [5.41, 5.74) is 1.80. The Morgan fingerprint density at radius 2 is 2.15 bits per heavy atom. The molecule has 1 aliphatic rings. The van der Waals surface area contributed by atoms with E-state index < -0.39 is 0 Å². The van der Waals surface area contributed by atoms with E-state index in [1.165, 1.54) is 0 Å². The predicted octanol–water partition coefficient (Wildman–Crippen LogP) is 2.12. The predicted molar refractivity (Wildman–Crippen MR) is 100 cm³/mol. The second-order valence-electron chi connectivity index (χ2n) is 7.10. The molecule has 1 saturated heterocycles. The third-order valence-electron chi connectivity index (χ3n) is 5.20. The summed E-state index contributed by atoms with van der Waals surface area (Å²) in [4.78, 5) is 35.9. The first kappa shape index (κ1) is 17.5. The van der Waals surface area contributed by atoms with E-state index in [4.69, 9.17) is 0 Å². The van der Waals surface area contributed by atoms with Crippen LogP contribution in [-0.2, 0) is 18.3 Å². The molecule has 140 valence electrons. The van der Waals surface area contributed by atoms with E-state index in [1.807, 2.05) is 46.9 Å². The number of hydrogen-bond acceptors (Lipinski definition) is 4. The van der Waals surface area contributed by atoms with Gasteiger partial charge in [-0.15, -0.1) is 0 Å². The van der Waals surface area contributed by atoms with Crippen molar-refractivity contribution in [2.75, 3.05) is 13.1 Å². The Bertz CT molecular complexity index is 941. The third kappa shape index (κ3) is 3.63. The second kappa shape index (κ2) is 7.34. The Balaban J connectivity index is 1.37. The molecule has 1 fully saturated rings. The molecule has 3 aromatic rings. The van der Waals surface area contributed by atoms with Crippen molar-refractivity contribution in [3.05, 3.63) is 54.5 Å². The fourth-order valence-electron chi connectivity index (χ4n) is 3.70. The quantitative estimate of drug-likeness (QED) is 0.649. The Morgan fingerprint density at radius 1 is 1.26 bits per heavy atom. The highest BCUT2D eigenvalue weighted by atomic mass is 16.2. The summed E-state index contributed by atoms with van der Waals surface area (Å²) in [6.45, 7) is 1.20. The molecular weight excluding hydrogens is 342 g/mol. The maximum atomic E-state index is 12.7. The summed E-state index contributed by atoms with van der Waals surface area (Å²) in [5, 5.41) is 0. The number of ketones is 1. The molecule has 1 atom stereocenters. The van der Waals surface area contributed by atoms with E-state index in [0.29, 0.717) is 31.8 Å². The van der Waals surface area contributed by atoms with E-state index >= 15 is 0 Å². The number of piperidine rings is 1. The molecule has 3 aromatic heterocycles. The number of carbonyl (C=O) groups excluding carboxylic acids is 2. The highest BCUT2D eigenvalue weighted by Crippen LogP contribution is 2.21. The molecule has 0 radical (unpaired) electrons. The van der Waals surface area contributed by atoms with Gasteiger partial charge in [-0.25, -0.2) is 9.97 Å². The summed E-state index contributed by atoms with van der Waals surface area (Å²) >= 11 is 0. The Labute approximate surface area is 157 Å². The Hall–Kier alpha value is -2.96. The molecular formula is C20H23N5O2. The minimum absolute atomic E-state index is 0.0281. The minimum Gasteiger partial charge on any atom is -0.342 e. The van der Waals surface area contributed by atoms with Crippen LogP contribution < -0.4 is 0 Å². The molecule has 0 unspecified atom stereocenters. The van der Waals surface area contributed by atoms with Crippen LogP contribution in [0.5, 0.6) is 0 Å². The Kier molecular flexibility index (Phi) is 4.75.